The molecule has 0 amide bonds. The van der Waals surface area contributed by atoms with Gasteiger partial charge in [-0.15, -0.1) is 6.42 Å². The largest absolute Gasteiger partial charge is 0.262 e. The molecule has 2 aromatic rings. The number of rotatable bonds is 1. The Kier molecular flexibility index (Phi) is 1.60. The first-order valence-corrected chi connectivity index (χ1v) is 4.93. The summed E-state index contributed by atoms with van der Waals surface area (Å²) in [6.07, 6.45) is 9.03. The Bertz CT molecular complexity index is 573. The van der Waals surface area contributed by atoms with Crippen LogP contribution in [0.1, 0.15) is 24.4 Å². The molecule has 0 atom stereocenters. The van der Waals surface area contributed by atoms with Gasteiger partial charge in [-0.3, -0.25) is 4.68 Å². The maximum Gasteiger partial charge on any atom is 0.149 e. The molecule has 0 N–H and O–H groups in total. The van der Waals surface area contributed by atoms with Crippen LogP contribution in [0.2, 0.25) is 0 Å². The van der Waals surface area contributed by atoms with Gasteiger partial charge in [0.25, 0.3) is 0 Å². The van der Waals surface area contributed by atoms with E-state index in [4.69, 9.17) is 6.42 Å². The second kappa shape index (κ2) is 2.83. The van der Waals surface area contributed by atoms with E-state index in [-0.39, 0.29) is 5.82 Å². The molecule has 1 aromatic carbocycles. The lowest BCUT2D eigenvalue weighted by Crippen LogP contribution is -1.95. The molecule has 0 bridgehead atoms. The smallest absolute Gasteiger partial charge is 0.149 e. The summed E-state index contributed by atoms with van der Waals surface area (Å²) >= 11 is 0. The predicted octanol–water partition coefficient (Wildman–Crippen LogP) is 2.49. The number of halogens is 1. The third kappa shape index (κ3) is 1.15. The molecule has 1 saturated carbocycles. The lowest BCUT2D eigenvalue weighted by atomic mass is 10.1. The Morgan fingerprint density at radius 2 is 2.27 bits per heavy atom. The lowest BCUT2D eigenvalue weighted by molar-refractivity contribution is 0.636. The van der Waals surface area contributed by atoms with E-state index in [0.717, 1.165) is 18.4 Å². The average molecular weight is 200 g/mol. The minimum absolute atomic E-state index is 0.304. The fraction of sp³-hybridized carbons (Fsp3) is 0.250. The molecular weight excluding hydrogens is 191 g/mol. The van der Waals surface area contributed by atoms with Gasteiger partial charge >= 0.3 is 0 Å². The molecule has 3 heteroatoms. The van der Waals surface area contributed by atoms with E-state index in [1.807, 2.05) is 10.7 Å². The van der Waals surface area contributed by atoms with Crippen molar-refractivity contribution in [3.63, 3.8) is 0 Å². The molecule has 1 fully saturated rings. The number of hydrogen-bond donors (Lipinski definition) is 0. The Balaban J connectivity index is 2.30. The number of benzene rings is 1. The summed E-state index contributed by atoms with van der Waals surface area (Å²) in [6, 6.07) is 3.94. The van der Waals surface area contributed by atoms with Gasteiger partial charge in [0.05, 0.1) is 28.7 Å². The van der Waals surface area contributed by atoms with Crippen LogP contribution in [0.4, 0.5) is 4.39 Å². The summed E-state index contributed by atoms with van der Waals surface area (Å²) in [5.41, 5.74) is 1.15. The highest BCUT2D eigenvalue weighted by atomic mass is 19.1. The van der Waals surface area contributed by atoms with Crippen LogP contribution in [0.3, 0.4) is 0 Å². The SMILES string of the molecule is C#Cc1ccc2c(cnn2C2CC2)c1F. The molecule has 0 spiro atoms. The summed E-state index contributed by atoms with van der Waals surface area (Å²) in [7, 11) is 0. The Hall–Kier alpha value is -1.82. The number of fused-ring (bicyclic) bond motifs is 1. The molecule has 1 aliphatic carbocycles. The third-order valence-electron chi connectivity index (χ3n) is 2.76. The highest BCUT2D eigenvalue weighted by molar-refractivity contribution is 5.81. The van der Waals surface area contributed by atoms with E-state index in [2.05, 4.69) is 11.0 Å². The van der Waals surface area contributed by atoms with Gasteiger partial charge in [-0.1, -0.05) is 5.92 Å². The number of terminal acetylenes is 1. The molecular formula is C12H9FN2. The molecule has 74 valence electrons. The van der Waals surface area contributed by atoms with Crippen LogP contribution in [0.25, 0.3) is 10.9 Å². The van der Waals surface area contributed by atoms with Crippen molar-refractivity contribution >= 4 is 10.9 Å². The molecule has 0 saturated heterocycles. The van der Waals surface area contributed by atoms with Crippen LogP contribution in [0, 0.1) is 18.2 Å². The van der Waals surface area contributed by atoms with Crippen molar-refractivity contribution in [1.29, 1.82) is 0 Å². The normalized spacial score (nSPS) is 15.5. The molecule has 0 aliphatic heterocycles. The van der Waals surface area contributed by atoms with Gasteiger partial charge in [0.2, 0.25) is 0 Å². The topological polar surface area (TPSA) is 17.8 Å². The van der Waals surface area contributed by atoms with Gasteiger partial charge in [-0.05, 0) is 25.0 Å². The van der Waals surface area contributed by atoms with Crippen LogP contribution >= 0.6 is 0 Å². The fourth-order valence-corrected chi connectivity index (χ4v) is 1.81. The average Bonchev–Trinajstić information content (AvgIpc) is 2.99. The first-order valence-electron chi connectivity index (χ1n) is 4.93. The molecule has 1 heterocycles. The Labute approximate surface area is 86.7 Å². The molecule has 2 nitrogen and oxygen atoms in total. The molecule has 3 rings (SSSR count). The molecule has 15 heavy (non-hydrogen) atoms. The molecule has 1 aliphatic rings. The summed E-state index contributed by atoms with van der Waals surface area (Å²) in [4.78, 5) is 0. The van der Waals surface area contributed by atoms with Crippen molar-refractivity contribution in [3.05, 3.63) is 29.7 Å². The van der Waals surface area contributed by atoms with E-state index in [0.29, 0.717) is 17.0 Å². The minimum atomic E-state index is -0.332. The van der Waals surface area contributed by atoms with Crippen molar-refractivity contribution in [2.75, 3.05) is 0 Å². The maximum absolute atomic E-state index is 13.8. The van der Waals surface area contributed by atoms with Gasteiger partial charge in [0.15, 0.2) is 0 Å². The zero-order chi connectivity index (χ0) is 10.4. The van der Waals surface area contributed by atoms with Crippen molar-refractivity contribution in [2.45, 2.75) is 18.9 Å². The van der Waals surface area contributed by atoms with Crippen molar-refractivity contribution in [2.24, 2.45) is 0 Å². The van der Waals surface area contributed by atoms with E-state index in [1.54, 1.807) is 12.3 Å². The van der Waals surface area contributed by atoms with Crippen molar-refractivity contribution in [3.8, 4) is 12.3 Å². The number of aromatic nitrogens is 2. The van der Waals surface area contributed by atoms with Gasteiger partial charge in [-0.25, -0.2) is 4.39 Å². The van der Waals surface area contributed by atoms with Crippen LogP contribution < -0.4 is 0 Å². The zero-order valence-corrected chi connectivity index (χ0v) is 8.07. The summed E-state index contributed by atoms with van der Waals surface area (Å²) in [6.45, 7) is 0. The van der Waals surface area contributed by atoms with Crippen LogP contribution in [0.15, 0.2) is 18.3 Å². The second-order valence-corrected chi connectivity index (χ2v) is 3.82. The monoisotopic (exact) mass is 200 g/mol. The van der Waals surface area contributed by atoms with Gasteiger partial charge in [0, 0.05) is 0 Å². The fourth-order valence-electron chi connectivity index (χ4n) is 1.81. The van der Waals surface area contributed by atoms with E-state index < -0.39 is 0 Å². The molecule has 0 unspecified atom stereocenters. The first-order chi connectivity index (χ1) is 7.31. The third-order valence-corrected chi connectivity index (χ3v) is 2.76. The summed E-state index contributed by atoms with van der Waals surface area (Å²) in [5.74, 6) is 2.00. The highest BCUT2D eigenvalue weighted by Gasteiger charge is 2.26. The number of nitrogens with zero attached hydrogens (tertiary/aromatic N) is 2. The standard InChI is InChI=1S/C12H9FN2/c1-2-8-3-6-11-10(12(8)13)7-14-15(11)9-4-5-9/h1,3,6-7,9H,4-5H2. The molecule has 0 radical (unpaired) electrons. The van der Waals surface area contributed by atoms with Gasteiger partial charge in [-0.2, -0.15) is 5.10 Å². The van der Waals surface area contributed by atoms with Crippen LogP contribution in [0.5, 0.6) is 0 Å². The van der Waals surface area contributed by atoms with Crippen molar-refractivity contribution < 1.29 is 4.39 Å². The first kappa shape index (κ1) is 8.49. The highest BCUT2D eigenvalue weighted by Crippen LogP contribution is 2.37. The number of hydrogen-bond acceptors (Lipinski definition) is 1. The maximum atomic E-state index is 13.8. The van der Waals surface area contributed by atoms with Crippen molar-refractivity contribution in [1.82, 2.24) is 9.78 Å². The Morgan fingerprint density at radius 1 is 1.47 bits per heavy atom. The van der Waals surface area contributed by atoms with E-state index in [1.165, 1.54) is 0 Å². The quantitative estimate of drug-likeness (QED) is 0.647. The lowest BCUT2D eigenvalue weighted by Gasteiger charge is -2.01. The van der Waals surface area contributed by atoms with Gasteiger partial charge in [0.1, 0.15) is 5.82 Å². The van der Waals surface area contributed by atoms with E-state index in [9.17, 15) is 4.39 Å². The van der Waals surface area contributed by atoms with Crippen LogP contribution in [-0.4, -0.2) is 9.78 Å². The van der Waals surface area contributed by atoms with Crippen LogP contribution in [-0.2, 0) is 0 Å². The Morgan fingerprint density at radius 3 is 2.93 bits per heavy atom. The predicted molar refractivity (Wildman–Crippen MR) is 55.9 cm³/mol. The van der Waals surface area contributed by atoms with Gasteiger partial charge < -0.3 is 0 Å². The minimum Gasteiger partial charge on any atom is -0.262 e. The van der Waals surface area contributed by atoms with E-state index >= 15 is 0 Å². The summed E-state index contributed by atoms with van der Waals surface area (Å²) in [5, 5.41) is 4.73. The second-order valence-electron chi connectivity index (χ2n) is 3.82. The molecule has 1 aromatic heterocycles. The zero-order valence-electron chi connectivity index (χ0n) is 8.07. The summed E-state index contributed by atoms with van der Waals surface area (Å²) < 4.78 is 15.7.